The third-order valence-electron chi connectivity index (χ3n) is 5.91. The average Bonchev–Trinajstić information content (AvgIpc) is 2.98. The summed E-state index contributed by atoms with van der Waals surface area (Å²) in [4.78, 5) is 50.6. The monoisotopic (exact) mass is 408 g/mol. The van der Waals surface area contributed by atoms with Crippen LogP contribution in [0.4, 0.5) is 5.69 Å². The summed E-state index contributed by atoms with van der Waals surface area (Å²) in [6, 6.07) is 13.3. The number of hydrogen-bond acceptors (Lipinski definition) is 5. The second kappa shape index (κ2) is 8.26. The first-order valence-electron chi connectivity index (χ1n) is 10.3. The molecule has 0 radical (unpaired) electrons. The third kappa shape index (κ3) is 3.92. The Bertz CT molecular complexity index is 994. The molecule has 2 aliphatic rings. The number of amides is 3. The Labute approximate surface area is 174 Å². The van der Waals surface area contributed by atoms with E-state index in [1.165, 1.54) is 6.92 Å². The Morgan fingerprint density at radius 3 is 2.33 bits per heavy atom. The minimum atomic E-state index is -1.06. The Hall–Kier alpha value is -3.22. The molecule has 7 heteroatoms. The molecule has 0 aromatic heterocycles. The quantitative estimate of drug-likeness (QED) is 0.607. The average molecular weight is 408 g/mol. The molecule has 0 unspecified atom stereocenters. The van der Waals surface area contributed by atoms with Gasteiger partial charge in [0.15, 0.2) is 6.10 Å². The number of esters is 1. The maximum Gasteiger partial charge on any atom is 0.326 e. The number of rotatable bonds is 5. The summed E-state index contributed by atoms with van der Waals surface area (Å²) in [6.45, 7) is 1.01. The summed E-state index contributed by atoms with van der Waals surface area (Å²) < 4.78 is 5.19. The fraction of sp³-hybridized carbons (Fsp3) is 0.391. The zero-order valence-electron chi connectivity index (χ0n) is 16.8. The molecule has 30 heavy (non-hydrogen) atoms. The van der Waals surface area contributed by atoms with Crippen LogP contribution in [0.2, 0.25) is 0 Å². The van der Waals surface area contributed by atoms with E-state index in [0.29, 0.717) is 18.5 Å². The van der Waals surface area contributed by atoms with E-state index >= 15 is 0 Å². The second-order valence-electron chi connectivity index (χ2n) is 7.94. The molecule has 1 saturated carbocycles. The lowest BCUT2D eigenvalue weighted by atomic mass is 9.81. The van der Waals surface area contributed by atoms with Crippen LogP contribution in [0, 0.1) is 11.8 Å². The van der Waals surface area contributed by atoms with E-state index in [1.54, 1.807) is 6.07 Å². The van der Waals surface area contributed by atoms with Crippen LogP contribution in [0.3, 0.4) is 0 Å². The van der Waals surface area contributed by atoms with Gasteiger partial charge >= 0.3 is 5.97 Å². The Morgan fingerprint density at radius 1 is 1.03 bits per heavy atom. The van der Waals surface area contributed by atoms with Crippen LogP contribution in [-0.4, -0.2) is 41.2 Å². The predicted octanol–water partition coefficient (Wildman–Crippen LogP) is 2.89. The minimum absolute atomic E-state index is 0.296. The highest BCUT2D eigenvalue weighted by Gasteiger charge is 2.48. The molecule has 2 aromatic rings. The van der Waals surface area contributed by atoms with E-state index in [0.717, 1.165) is 28.5 Å². The van der Waals surface area contributed by atoms with E-state index in [4.69, 9.17) is 4.74 Å². The molecule has 7 nitrogen and oxygen atoms in total. The summed E-state index contributed by atoms with van der Waals surface area (Å²) >= 11 is 0. The summed E-state index contributed by atoms with van der Waals surface area (Å²) in [7, 11) is 0. The van der Waals surface area contributed by atoms with E-state index in [1.807, 2.05) is 36.4 Å². The maximum absolute atomic E-state index is 12.5. The van der Waals surface area contributed by atoms with Gasteiger partial charge in [-0.25, -0.2) is 0 Å². The van der Waals surface area contributed by atoms with Gasteiger partial charge in [-0.05, 0) is 42.7 Å². The number of nitrogens with zero attached hydrogens (tertiary/aromatic N) is 1. The second-order valence-corrected chi connectivity index (χ2v) is 7.94. The number of carbonyl (C=O) groups excluding carboxylic acids is 4. The minimum Gasteiger partial charge on any atom is -0.451 e. The Kier molecular flexibility index (Phi) is 5.53. The fourth-order valence-electron chi connectivity index (χ4n) is 4.31. The maximum atomic E-state index is 12.5. The van der Waals surface area contributed by atoms with Crippen molar-refractivity contribution in [2.24, 2.45) is 11.8 Å². The zero-order chi connectivity index (χ0) is 21.3. The molecule has 1 heterocycles. The van der Waals surface area contributed by atoms with Crippen LogP contribution < -0.4 is 5.32 Å². The van der Waals surface area contributed by atoms with E-state index < -0.39 is 24.5 Å². The lowest BCUT2D eigenvalue weighted by Crippen LogP contribution is -2.39. The first kappa shape index (κ1) is 20.1. The number of fused-ring (bicyclic) bond motifs is 2. The topological polar surface area (TPSA) is 92.8 Å². The van der Waals surface area contributed by atoms with Gasteiger partial charge in [0.2, 0.25) is 11.8 Å². The van der Waals surface area contributed by atoms with Gasteiger partial charge in [-0.15, -0.1) is 0 Å². The molecule has 2 aromatic carbocycles. The van der Waals surface area contributed by atoms with Crippen LogP contribution >= 0.6 is 0 Å². The van der Waals surface area contributed by atoms with Gasteiger partial charge in [0, 0.05) is 5.69 Å². The molecule has 1 saturated heterocycles. The number of likely N-dealkylation sites (tertiary alicyclic amines) is 1. The van der Waals surface area contributed by atoms with Gasteiger partial charge in [0.25, 0.3) is 5.91 Å². The highest BCUT2D eigenvalue weighted by atomic mass is 16.5. The summed E-state index contributed by atoms with van der Waals surface area (Å²) in [6.07, 6.45) is 2.16. The number of ether oxygens (including phenoxy) is 1. The van der Waals surface area contributed by atoms with Crippen molar-refractivity contribution >= 4 is 40.2 Å². The van der Waals surface area contributed by atoms with Crippen molar-refractivity contribution < 1.29 is 23.9 Å². The SMILES string of the molecule is C[C@H](OC(=O)CN1C(=O)[C@H]2CCCC[C@H]2C1=O)C(=O)Nc1ccc2ccccc2c1. The number of benzene rings is 2. The van der Waals surface area contributed by atoms with Gasteiger partial charge in [0.1, 0.15) is 6.54 Å². The molecule has 156 valence electrons. The lowest BCUT2D eigenvalue weighted by molar-refractivity contribution is -0.158. The van der Waals surface area contributed by atoms with E-state index in [-0.39, 0.29) is 23.7 Å². The van der Waals surface area contributed by atoms with Gasteiger partial charge < -0.3 is 10.1 Å². The van der Waals surface area contributed by atoms with Gasteiger partial charge in [-0.3, -0.25) is 24.1 Å². The van der Waals surface area contributed by atoms with Crippen molar-refractivity contribution in [1.29, 1.82) is 0 Å². The van der Waals surface area contributed by atoms with Crippen molar-refractivity contribution in [3.63, 3.8) is 0 Å². The largest absolute Gasteiger partial charge is 0.451 e. The van der Waals surface area contributed by atoms with Crippen molar-refractivity contribution in [2.75, 3.05) is 11.9 Å². The predicted molar refractivity (Wildman–Crippen MR) is 110 cm³/mol. The van der Waals surface area contributed by atoms with Crippen LogP contribution in [0.5, 0.6) is 0 Å². The normalized spacial score (nSPS) is 22.0. The molecule has 0 bridgehead atoms. The molecule has 0 spiro atoms. The Morgan fingerprint density at radius 2 is 1.67 bits per heavy atom. The molecule has 1 aliphatic carbocycles. The van der Waals surface area contributed by atoms with Crippen molar-refractivity contribution in [1.82, 2.24) is 4.90 Å². The highest BCUT2D eigenvalue weighted by Crippen LogP contribution is 2.37. The molecular weight excluding hydrogens is 384 g/mol. The fourth-order valence-corrected chi connectivity index (χ4v) is 4.31. The van der Waals surface area contributed by atoms with E-state index in [9.17, 15) is 19.2 Å². The number of nitrogens with one attached hydrogen (secondary N) is 1. The van der Waals surface area contributed by atoms with Crippen LogP contribution in [0.1, 0.15) is 32.6 Å². The first-order valence-corrected chi connectivity index (χ1v) is 10.3. The molecule has 1 aliphatic heterocycles. The zero-order valence-corrected chi connectivity index (χ0v) is 16.8. The van der Waals surface area contributed by atoms with E-state index in [2.05, 4.69) is 5.32 Å². The van der Waals surface area contributed by atoms with Crippen molar-refractivity contribution in [2.45, 2.75) is 38.7 Å². The van der Waals surface area contributed by atoms with Gasteiger partial charge in [-0.2, -0.15) is 0 Å². The summed E-state index contributed by atoms with van der Waals surface area (Å²) in [5, 5.41) is 4.76. The van der Waals surface area contributed by atoms with Crippen molar-refractivity contribution in [3.05, 3.63) is 42.5 Å². The van der Waals surface area contributed by atoms with Gasteiger partial charge in [-0.1, -0.05) is 43.2 Å². The summed E-state index contributed by atoms with van der Waals surface area (Å²) in [5.74, 6) is -2.46. The number of carbonyl (C=O) groups is 4. The molecular formula is C23H24N2O5. The van der Waals surface area contributed by atoms with Gasteiger partial charge in [0.05, 0.1) is 11.8 Å². The Balaban J connectivity index is 1.34. The van der Waals surface area contributed by atoms with Crippen LogP contribution in [-0.2, 0) is 23.9 Å². The van der Waals surface area contributed by atoms with Crippen LogP contribution in [0.15, 0.2) is 42.5 Å². The number of hydrogen-bond donors (Lipinski definition) is 1. The summed E-state index contributed by atoms with van der Waals surface area (Å²) in [5.41, 5.74) is 0.593. The smallest absolute Gasteiger partial charge is 0.326 e. The molecule has 2 fully saturated rings. The molecule has 3 atom stereocenters. The highest BCUT2D eigenvalue weighted by molar-refractivity contribution is 6.07. The third-order valence-corrected chi connectivity index (χ3v) is 5.91. The standard InChI is InChI=1S/C23H24N2O5/c1-14(21(27)24-17-11-10-15-6-2-3-7-16(15)12-17)30-20(26)13-25-22(28)18-8-4-5-9-19(18)23(25)29/h2-3,6-7,10-12,14,18-19H,4-5,8-9,13H2,1H3,(H,24,27)/t14-,18-,19+/m0/s1. The number of imide groups is 1. The van der Waals surface area contributed by atoms with Crippen molar-refractivity contribution in [3.8, 4) is 0 Å². The molecule has 4 rings (SSSR count). The molecule has 3 amide bonds. The van der Waals surface area contributed by atoms with Crippen LogP contribution in [0.25, 0.3) is 10.8 Å². The lowest BCUT2D eigenvalue weighted by Gasteiger charge is -2.19. The first-order chi connectivity index (χ1) is 14.4. The molecule has 1 N–H and O–H groups in total. The number of anilines is 1.